The predicted octanol–water partition coefficient (Wildman–Crippen LogP) is 3.55. The molecule has 1 aromatic carbocycles. The van der Waals surface area contributed by atoms with E-state index in [-0.39, 0.29) is 12.1 Å². The van der Waals surface area contributed by atoms with Gasteiger partial charge in [0.05, 0.1) is 0 Å². The lowest BCUT2D eigenvalue weighted by Crippen LogP contribution is -2.54. The van der Waals surface area contributed by atoms with Gasteiger partial charge >= 0.3 is 6.18 Å². The van der Waals surface area contributed by atoms with Crippen LogP contribution in [0.15, 0.2) is 34.9 Å². The third-order valence-corrected chi connectivity index (χ3v) is 3.90. The number of aryl methyl sites for hydroxylation is 1. The maximum atomic E-state index is 13.3. The van der Waals surface area contributed by atoms with E-state index in [0.29, 0.717) is 10.0 Å². The number of benzene rings is 1. The van der Waals surface area contributed by atoms with Gasteiger partial charge in [0.2, 0.25) is 0 Å². The molecule has 2 N–H and O–H groups in total. The molecule has 1 rings (SSSR count). The summed E-state index contributed by atoms with van der Waals surface area (Å²) in [5, 5.41) is 12.0. The second-order valence-corrected chi connectivity index (χ2v) is 5.44. The first-order chi connectivity index (χ1) is 9.53. The van der Waals surface area contributed by atoms with E-state index < -0.39 is 23.2 Å². The maximum Gasteiger partial charge on any atom is 0.430 e. The average molecular weight is 366 g/mol. The molecule has 0 aromatic heterocycles. The normalized spacial score (nSPS) is 14.4. The molecular formula is C14H15BrF3NO2. The number of hydrogen-bond acceptors (Lipinski definition) is 2. The summed E-state index contributed by atoms with van der Waals surface area (Å²) >= 11 is 3.09. The van der Waals surface area contributed by atoms with E-state index in [0.717, 1.165) is 12.1 Å². The lowest BCUT2D eigenvalue weighted by molar-refractivity contribution is -0.256. The van der Waals surface area contributed by atoms with E-state index in [1.54, 1.807) is 13.8 Å². The Bertz CT molecular complexity index is 572. The van der Waals surface area contributed by atoms with Crippen LogP contribution in [-0.4, -0.2) is 17.2 Å². The van der Waals surface area contributed by atoms with Gasteiger partial charge in [-0.1, -0.05) is 41.6 Å². The van der Waals surface area contributed by atoms with Gasteiger partial charge in [-0.2, -0.15) is 13.2 Å². The summed E-state index contributed by atoms with van der Waals surface area (Å²) in [6.07, 6.45) is -4.91. The third-order valence-electron chi connectivity index (χ3n) is 3.05. The Kier molecular flexibility index (Phi) is 5.22. The first-order valence-corrected chi connectivity index (χ1v) is 6.88. The minimum Gasteiger partial charge on any atom is -0.368 e. The van der Waals surface area contributed by atoms with Crippen LogP contribution in [0.25, 0.3) is 0 Å². The van der Waals surface area contributed by atoms with Gasteiger partial charge in [0.1, 0.15) is 0 Å². The van der Waals surface area contributed by atoms with Crippen LogP contribution >= 0.6 is 15.9 Å². The van der Waals surface area contributed by atoms with E-state index in [9.17, 15) is 23.1 Å². The summed E-state index contributed by atoms with van der Waals surface area (Å²) in [7, 11) is 0. The first kappa shape index (κ1) is 17.7. The molecule has 0 bridgehead atoms. The number of carbonyl (C=O) groups is 1. The topological polar surface area (TPSA) is 49.3 Å². The number of amides is 1. The van der Waals surface area contributed by atoms with Gasteiger partial charge in [-0.3, -0.25) is 4.79 Å². The molecule has 0 aliphatic heterocycles. The maximum absolute atomic E-state index is 13.3. The van der Waals surface area contributed by atoms with E-state index in [1.807, 2.05) is 5.32 Å². The average Bonchev–Trinajstić information content (AvgIpc) is 2.39. The third kappa shape index (κ3) is 3.47. The Morgan fingerprint density at radius 1 is 1.43 bits per heavy atom. The van der Waals surface area contributed by atoms with Crippen molar-refractivity contribution in [2.75, 3.05) is 0 Å². The first-order valence-electron chi connectivity index (χ1n) is 6.09. The Hall–Kier alpha value is -1.34. The molecule has 116 valence electrons. The van der Waals surface area contributed by atoms with Gasteiger partial charge in [0, 0.05) is 15.7 Å². The van der Waals surface area contributed by atoms with Crippen molar-refractivity contribution in [1.29, 1.82) is 0 Å². The number of alkyl halides is 3. The molecule has 1 atom stereocenters. The van der Waals surface area contributed by atoms with E-state index in [2.05, 4.69) is 22.5 Å². The number of rotatable bonds is 4. The molecule has 0 heterocycles. The highest BCUT2D eigenvalue weighted by Crippen LogP contribution is 2.40. The smallest absolute Gasteiger partial charge is 0.368 e. The van der Waals surface area contributed by atoms with Crippen LogP contribution in [0.2, 0.25) is 0 Å². The zero-order chi connectivity index (χ0) is 16.4. The molecule has 21 heavy (non-hydrogen) atoms. The van der Waals surface area contributed by atoms with Crippen LogP contribution in [0.1, 0.15) is 24.5 Å². The zero-order valence-corrected chi connectivity index (χ0v) is 13.1. The molecule has 0 fully saturated rings. The summed E-state index contributed by atoms with van der Waals surface area (Å²) in [5.74, 6) is -1.57. The van der Waals surface area contributed by atoms with Crippen molar-refractivity contribution in [2.24, 2.45) is 0 Å². The molecular weight excluding hydrogens is 351 g/mol. The van der Waals surface area contributed by atoms with E-state index in [1.165, 1.54) is 6.07 Å². The minimum atomic E-state index is -5.17. The van der Waals surface area contributed by atoms with Crippen LogP contribution in [-0.2, 0) is 10.4 Å². The van der Waals surface area contributed by atoms with Crippen LogP contribution in [0.5, 0.6) is 0 Å². The summed E-state index contributed by atoms with van der Waals surface area (Å²) in [6, 6.07) is 3.54. The van der Waals surface area contributed by atoms with Crippen molar-refractivity contribution in [3.63, 3.8) is 0 Å². The molecule has 1 aromatic rings. The van der Waals surface area contributed by atoms with Crippen molar-refractivity contribution >= 4 is 21.8 Å². The fraction of sp³-hybridized carbons (Fsp3) is 0.357. The van der Waals surface area contributed by atoms with Crippen molar-refractivity contribution in [3.8, 4) is 0 Å². The molecule has 3 nitrogen and oxygen atoms in total. The van der Waals surface area contributed by atoms with Gasteiger partial charge in [-0.05, 0) is 25.0 Å². The van der Waals surface area contributed by atoms with Gasteiger partial charge in [0.25, 0.3) is 11.5 Å². The second-order valence-electron chi connectivity index (χ2n) is 4.58. The predicted molar refractivity (Wildman–Crippen MR) is 76.4 cm³/mol. The standard InChI is InChI=1S/C14H15BrF3NO2/c1-4-9(3)19-12(20)13(21,14(16,17)18)10-6-5-8(2)11(15)7-10/h5-7,21H,3-4H2,1-2H3,(H,19,20). The molecule has 0 aliphatic carbocycles. The highest BCUT2D eigenvalue weighted by atomic mass is 79.9. The number of hydrogen-bond donors (Lipinski definition) is 2. The molecule has 0 radical (unpaired) electrons. The Labute approximate surface area is 129 Å². The van der Waals surface area contributed by atoms with Gasteiger partial charge in [-0.15, -0.1) is 0 Å². The fourth-order valence-electron chi connectivity index (χ4n) is 1.58. The molecule has 0 saturated heterocycles. The van der Waals surface area contributed by atoms with Crippen molar-refractivity contribution in [2.45, 2.75) is 32.0 Å². The zero-order valence-electron chi connectivity index (χ0n) is 11.5. The summed E-state index contributed by atoms with van der Waals surface area (Å²) in [5.41, 5.74) is -3.43. The number of carbonyl (C=O) groups excluding carboxylic acids is 1. The SMILES string of the molecule is C=C(CC)NC(=O)C(O)(c1ccc(C)c(Br)c1)C(F)(F)F. The number of allylic oxidation sites excluding steroid dienone is 1. The van der Waals surface area contributed by atoms with Gasteiger partial charge in [0.15, 0.2) is 0 Å². The summed E-state index contributed by atoms with van der Waals surface area (Å²) in [6.45, 7) is 6.72. The van der Waals surface area contributed by atoms with E-state index >= 15 is 0 Å². The Morgan fingerprint density at radius 2 is 2.00 bits per heavy atom. The fourth-order valence-corrected chi connectivity index (χ4v) is 1.96. The number of aliphatic hydroxyl groups is 1. The lowest BCUT2D eigenvalue weighted by Gasteiger charge is -2.30. The van der Waals surface area contributed by atoms with E-state index in [4.69, 9.17) is 0 Å². The lowest BCUT2D eigenvalue weighted by atomic mass is 9.91. The highest BCUT2D eigenvalue weighted by molar-refractivity contribution is 9.10. The number of nitrogens with one attached hydrogen (secondary N) is 1. The van der Waals surface area contributed by atoms with Crippen LogP contribution in [0, 0.1) is 6.92 Å². The van der Waals surface area contributed by atoms with Crippen LogP contribution in [0.4, 0.5) is 13.2 Å². The van der Waals surface area contributed by atoms with Gasteiger partial charge in [-0.25, -0.2) is 0 Å². The highest BCUT2D eigenvalue weighted by Gasteiger charge is 2.60. The molecule has 1 amide bonds. The molecule has 0 saturated carbocycles. The van der Waals surface area contributed by atoms with Crippen molar-refractivity contribution < 1.29 is 23.1 Å². The summed E-state index contributed by atoms with van der Waals surface area (Å²) in [4.78, 5) is 11.9. The molecule has 0 spiro atoms. The number of halogens is 4. The largest absolute Gasteiger partial charge is 0.430 e. The van der Waals surface area contributed by atoms with Crippen LogP contribution < -0.4 is 5.32 Å². The molecule has 1 unspecified atom stereocenters. The second kappa shape index (κ2) is 6.19. The quantitative estimate of drug-likeness (QED) is 0.857. The van der Waals surface area contributed by atoms with Crippen LogP contribution in [0.3, 0.4) is 0 Å². The minimum absolute atomic E-state index is 0.0915. The molecule has 7 heteroatoms. The molecule has 0 aliphatic rings. The Balaban J connectivity index is 3.37. The van der Waals surface area contributed by atoms with Crippen molar-refractivity contribution in [3.05, 3.63) is 46.1 Å². The van der Waals surface area contributed by atoms with Crippen molar-refractivity contribution in [1.82, 2.24) is 5.32 Å². The van der Waals surface area contributed by atoms with Gasteiger partial charge < -0.3 is 10.4 Å². The summed E-state index contributed by atoms with van der Waals surface area (Å²) < 4.78 is 40.2. The Morgan fingerprint density at radius 3 is 2.43 bits per heavy atom. The monoisotopic (exact) mass is 365 g/mol.